The van der Waals surface area contributed by atoms with Crippen molar-refractivity contribution in [2.75, 3.05) is 23.7 Å². The van der Waals surface area contributed by atoms with Crippen LogP contribution in [0.25, 0.3) is 0 Å². The van der Waals surface area contributed by atoms with Gasteiger partial charge in [-0.2, -0.15) is 13.2 Å². The average molecular weight is 262 g/mol. The lowest BCUT2D eigenvalue weighted by Gasteiger charge is -2.14. The molecule has 0 aliphatic carbocycles. The fourth-order valence-corrected chi connectivity index (χ4v) is 1.40. The van der Waals surface area contributed by atoms with Crippen molar-refractivity contribution in [3.63, 3.8) is 0 Å². The Bertz CT molecular complexity index is 404. The number of rotatable bonds is 5. The zero-order valence-electron chi connectivity index (χ0n) is 10.6. The van der Waals surface area contributed by atoms with Crippen molar-refractivity contribution in [2.45, 2.75) is 33.4 Å². The van der Waals surface area contributed by atoms with Gasteiger partial charge in [0.05, 0.1) is 0 Å². The molecule has 0 atom stereocenters. The second-order valence-electron chi connectivity index (χ2n) is 3.99. The van der Waals surface area contributed by atoms with Crippen LogP contribution in [0.2, 0.25) is 0 Å². The molecule has 1 rings (SSSR count). The number of alkyl halides is 3. The first-order valence-electron chi connectivity index (χ1n) is 5.73. The Morgan fingerprint density at radius 1 is 1.06 bits per heavy atom. The first-order valence-corrected chi connectivity index (χ1v) is 5.73. The number of aromatic nitrogens is 2. The van der Waals surface area contributed by atoms with Crippen LogP contribution < -0.4 is 10.6 Å². The van der Waals surface area contributed by atoms with E-state index in [0.717, 1.165) is 13.0 Å². The Hall–Kier alpha value is -1.53. The Morgan fingerprint density at radius 3 is 2.11 bits per heavy atom. The van der Waals surface area contributed by atoms with Crippen LogP contribution in [0.1, 0.15) is 24.7 Å². The third-order valence-electron chi connectivity index (χ3n) is 2.26. The maximum atomic E-state index is 12.2. The average Bonchev–Trinajstić information content (AvgIpc) is 2.26. The summed E-state index contributed by atoms with van der Waals surface area (Å²) in [5.74, 6) is 1.23. The summed E-state index contributed by atoms with van der Waals surface area (Å²) < 4.78 is 36.5. The van der Waals surface area contributed by atoms with E-state index >= 15 is 0 Å². The fourth-order valence-electron chi connectivity index (χ4n) is 1.40. The molecule has 1 aromatic heterocycles. The van der Waals surface area contributed by atoms with Crippen molar-refractivity contribution in [3.8, 4) is 0 Å². The van der Waals surface area contributed by atoms with Crippen LogP contribution in [0.3, 0.4) is 0 Å². The summed E-state index contributed by atoms with van der Waals surface area (Å²) in [6.45, 7) is 4.96. The highest BCUT2D eigenvalue weighted by Gasteiger charge is 2.27. The van der Waals surface area contributed by atoms with E-state index in [2.05, 4.69) is 20.6 Å². The smallest absolute Gasteiger partial charge is 0.370 e. The third kappa shape index (κ3) is 4.38. The maximum absolute atomic E-state index is 12.2. The van der Waals surface area contributed by atoms with E-state index in [1.807, 2.05) is 6.92 Å². The van der Waals surface area contributed by atoms with Gasteiger partial charge >= 0.3 is 6.18 Å². The van der Waals surface area contributed by atoms with Crippen molar-refractivity contribution >= 4 is 11.6 Å². The highest BCUT2D eigenvalue weighted by atomic mass is 19.4. The topological polar surface area (TPSA) is 49.8 Å². The summed E-state index contributed by atoms with van der Waals surface area (Å²) in [7, 11) is 0. The van der Waals surface area contributed by atoms with Gasteiger partial charge in [-0.1, -0.05) is 6.92 Å². The van der Waals surface area contributed by atoms with Crippen molar-refractivity contribution in [1.82, 2.24) is 9.97 Å². The molecule has 18 heavy (non-hydrogen) atoms. The first-order chi connectivity index (χ1) is 8.33. The van der Waals surface area contributed by atoms with Crippen LogP contribution in [0, 0.1) is 13.8 Å². The van der Waals surface area contributed by atoms with Gasteiger partial charge in [0.25, 0.3) is 0 Å². The SMILES string of the molecule is CCCNc1nc(C)nc(NCC(F)(F)F)c1C. The van der Waals surface area contributed by atoms with E-state index < -0.39 is 12.7 Å². The fraction of sp³-hybridized carbons (Fsp3) is 0.636. The monoisotopic (exact) mass is 262 g/mol. The Balaban J connectivity index is 2.87. The van der Waals surface area contributed by atoms with E-state index in [-0.39, 0.29) is 5.82 Å². The molecule has 102 valence electrons. The zero-order chi connectivity index (χ0) is 13.8. The Labute approximate surface area is 104 Å². The molecule has 0 radical (unpaired) electrons. The summed E-state index contributed by atoms with van der Waals surface area (Å²) in [5.41, 5.74) is 0.596. The predicted octanol–water partition coefficient (Wildman–Crippen LogP) is 2.89. The highest BCUT2D eigenvalue weighted by Crippen LogP contribution is 2.22. The van der Waals surface area contributed by atoms with Crippen molar-refractivity contribution in [2.24, 2.45) is 0 Å². The molecule has 7 heteroatoms. The van der Waals surface area contributed by atoms with Crippen LogP contribution >= 0.6 is 0 Å². The van der Waals surface area contributed by atoms with E-state index in [0.29, 0.717) is 17.2 Å². The van der Waals surface area contributed by atoms with Gasteiger partial charge in [0.15, 0.2) is 0 Å². The first kappa shape index (κ1) is 14.5. The largest absolute Gasteiger partial charge is 0.405 e. The molecule has 0 aliphatic rings. The molecule has 4 nitrogen and oxygen atoms in total. The summed E-state index contributed by atoms with van der Waals surface area (Å²) >= 11 is 0. The maximum Gasteiger partial charge on any atom is 0.405 e. The lowest BCUT2D eigenvalue weighted by atomic mass is 10.3. The number of nitrogens with zero attached hydrogens (tertiary/aromatic N) is 2. The molecule has 0 fully saturated rings. The number of anilines is 2. The van der Waals surface area contributed by atoms with Crippen LogP contribution in [0.15, 0.2) is 0 Å². The van der Waals surface area contributed by atoms with Gasteiger partial charge in [-0.3, -0.25) is 0 Å². The van der Waals surface area contributed by atoms with Crippen LogP contribution in [0.5, 0.6) is 0 Å². The van der Waals surface area contributed by atoms with Crippen LogP contribution in [-0.2, 0) is 0 Å². The Kier molecular flexibility index (Phi) is 4.75. The van der Waals surface area contributed by atoms with E-state index in [9.17, 15) is 13.2 Å². The number of hydrogen-bond acceptors (Lipinski definition) is 4. The minimum atomic E-state index is -4.26. The number of aryl methyl sites for hydroxylation is 1. The lowest BCUT2D eigenvalue weighted by molar-refractivity contribution is -0.115. The van der Waals surface area contributed by atoms with Gasteiger partial charge in [-0.25, -0.2) is 9.97 Å². The van der Waals surface area contributed by atoms with Gasteiger partial charge in [0.1, 0.15) is 24.0 Å². The molecule has 0 saturated heterocycles. The summed E-state index contributed by atoms with van der Waals surface area (Å²) in [6.07, 6.45) is -3.35. The molecule has 2 N–H and O–H groups in total. The molecule has 0 spiro atoms. The molecule has 0 unspecified atom stereocenters. The molecule has 1 aromatic rings. The van der Waals surface area contributed by atoms with Gasteiger partial charge in [0, 0.05) is 12.1 Å². The molecule has 1 heterocycles. The highest BCUT2D eigenvalue weighted by molar-refractivity contribution is 5.57. The normalized spacial score (nSPS) is 11.4. The van der Waals surface area contributed by atoms with Crippen LogP contribution in [-0.4, -0.2) is 29.2 Å². The standard InChI is InChI=1S/C11H17F3N4/c1-4-5-15-9-7(2)10(18-8(3)17-9)16-6-11(12,13)14/h4-6H2,1-3H3,(H2,15,16,17,18). The summed E-state index contributed by atoms with van der Waals surface area (Å²) in [5, 5.41) is 5.36. The molecule has 0 amide bonds. The van der Waals surface area contributed by atoms with Gasteiger partial charge in [0.2, 0.25) is 0 Å². The van der Waals surface area contributed by atoms with E-state index in [4.69, 9.17) is 0 Å². The minimum Gasteiger partial charge on any atom is -0.370 e. The predicted molar refractivity (Wildman–Crippen MR) is 64.8 cm³/mol. The van der Waals surface area contributed by atoms with Crippen molar-refractivity contribution in [1.29, 1.82) is 0 Å². The minimum absolute atomic E-state index is 0.221. The molecule has 0 aliphatic heterocycles. The van der Waals surface area contributed by atoms with E-state index in [1.165, 1.54) is 0 Å². The quantitative estimate of drug-likeness (QED) is 0.856. The van der Waals surface area contributed by atoms with Crippen molar-refractivity contribution in [3.05, 3.63) is 11.4 Å². The second-order valence-corrected chi connectivity index (χ2v) is 3.99. The van der Waals surface area contributed by atoms with Gasteiger partial charge in [-0.05, 0) is 20.3 Å². The van der Waals surface area contributed by atoms with E-state index in [1.54, 1.807) is 13.8 Å². The molecule has 0 aromatic carbocycles. The number of nitrogens with one attached hydrogen (secondary N) is 2. The molecular formula is C11H17F3N4. The molecule has 0 bridgehead atoms. The molecular weight excluding hydrogens is 245 g/mol. The number of halogens is 3. The summed E-state index contributed by atoms with van der Waals surface area (Å²) in [6, 6.07) is 0. The van der Waals surface area contributed by atoms with Gasteiger partial charge < -0.3 is 10.6 Å². The lowest BCUT2D eigenvalue weighted by Crippen LogP contribution is -2.23. The number of hydrogen-bond donors (Lipinski definition) is 2. The van der Waals surface area contributed by atoms with Crippen molar-refractivity contribution < 1.29 is 13.2 Å². The zero-order valence-corrected chi connectivity index (χ0v) is 10.6. The Morgan fingerprint density at radius 2 is 1.61 bits per heavy atom. The van der Waals surface area contributed by atoms with Crippen LogP contribution in [0.4, 0.5) is 24.8 Å². The van der Waals surface area contributed by atoms with Gasteiger partial charge in [-0.15, -0.1) is 0 Å². The third-order valence-corrected chi connectivity index (χ3v) is 2.26. The second kappa shape index (κ2) is 5.88. The summed E-state index contributed by atoms with van der Waals surface area (Å²) in [4.78, 5) is 8.15. The molecule has 0 saturated carbocycles.